The molecule has 1 aromatic rings. The number of allylic oxidation sites excluding steroid dienone is 3. The van der Waals surface area contributed by atoms with Crippen LogP contribution in [0.1, 0.15) is 18.1 Å². The first-order chi connectivity index (χ1) is 8.19. The largest absolute Gasteiger partial charge is 0.481 e. The van der Waals surface area contributed by atoms with E-state index >= 15 is 0 Å². The molecule has 4 heteroatoms. The molecule has 1 aliphatic carbocycles. The molecule has 17 heavy (non-hydrogen) atoms. The summed E-state index contributed by atoms with van der Waals surface area (Å²) in [5.41, 5.74) is 1.24. The van der Waals surface area contributed by atoms with E-state index in [1.54, 1.807) is 13.0 Å². The number of ether oxygens (including phenoxy) is 1. The van der Waals surface area contributed by atoms with Crippen molar-refractivity contribution in [2.75, 3.05) is 6.61 Å². The van der Waals surface area contributed by atoms with Crippen molar-refractivity contribution in [3.8, 4) is 6.07 Å². The molecule has 0 amide bonds. The molecular formula is C13H10FNO2. The molecule has 1 aromatic carbocycles. The van der Waals surface area contributed by atoms with E-state index in [4.69, 9.17) is 10.00 Å². The lowest BCUT2D eigenvalue weighted by molar-refractivity contribution is 0.105. The van der Waals surface area contributed by atoms with Gasteiger partial charge in [0.1, 0.15) is 5.82 Å². The molecule has 0 atom stereocenters. The topological polar surface area (TPSA) is 53.2 Å². The van der Waals surface area contributed by atoms with Gasteiger partial charge in [-0.2, -0.15) is 5.26 Å². The highest BCUT2D eigenvalue weighted by Gasteiger charge is 2.25. The third kappa shape index (κ3) is 1.76. The van der Waals surface area contributed by atoms with Crippen LogP contribution < -0.4 is 0 Å². The Hall–Kier alpha value is -2.28. The minimum Gasteiger partial charge on any atom is -0.481 e. The quantitative estimate of drug-likeness (QED) is 0.796. The number of fused-ring (bicyclic) bond motifs is 1. The Labute approximate surface area is 98.1 Å². The maximum absolute atomic E-state index is 13.6. The highest BCUT2D eigenvalue weighted by molar-refractivity contribution is 6.00. The van der Waals surface area contributed by atoms with Gasteiger partial charge in [0.25, 0.3) is 5.95 Å². The number of hydrogen-bond donors (Lipinski definition) is 1. The third-order valence-corrected chi connectivity index (χ3v) is 2.49. The Morgan fingerprint density at radius 3 is 2.94 bits per heavy atom. The molecule has 1 aliphatic rings. The number of aliphatic hydroxyl groups excluding tert-OH is 1. The molecule has 0 aliphatic heterocycles. The van der Waals surface area contributed by atoms with Gasteiger partial charge in [-0.3, -0.25) is 0 Å². The number of halogens is 1. The van der Waals surface area contributed by atoms with Gasteiger partial charge in [0.05, 0.1) is 23.8 Å². The Kier molecular flexibility index (Phi) is 2.84. The minimum absolute atomic E-state index is 0.194. The smallest absolute Gasteiger partial charge is 0.284 e. The van der Waals surface area contributed by atoms with Crippen molar-refractivity contribution < 1.29 is 14.2 Å². The fourth-order valence-corrected chi connectivity index (χ4v) is 1.80. The lowest BCUT2D eigenvalue weighted by atomic mass is 10.0. The standard InChI is InChI=1S/C13H10FNO2/c1-2-17-13(16)10-6-8(7-15)12-9(10)4-3-5-11(12)14/h3-6,16H,2H2,1H3/b13-10-. The summed E-state index contributed by atoms with van der Waals surface area (Å²) in [6, 6.07) is 6.36. The Bertz CT molecular complexity index is 567. The number of aliphatic hydroxyl groups is 1. The highest BCUT2D eigenvalue weighted by atomic mass is 19.1. The molecule has 0 bridgehead atoms. The van der Waals surface area contributed by atoms with E-state index in [1.807, 2.05) is 6.07 Å². The summed E-state index contributed by atoms with van der Waals surface area (Å²) < 4.78 is 18.6. The summed E-state index contributed by atoms with van der Waals surface area (Å²) in [5, 5.41) is 18.6. The maximum Gasteiger partial charge on any atom is 0.284 e. The zero-order chi connectivity index (χ0) is 12.4. The molecule has 3 nitrogen and oxygen atoms in total. The highest BCUT2D eigenvalue weighted by Crippen LogP contribution is 2.37. The first-order valence-electron chi connectivity index (χ1n) is 5.16. The molecule has 0 aromatic heterocycles. The third-order valence-electron chi connectivity index (χ3n) is 2.49. The minimum atomic E-state index is -0.477. The lowest BCUT2D eigenvalue weighted by Crippen LogP contribution is -1.95. The van der Waals surface area contributed by atoms with Crippen molar-refractivity contribution >= 4 is 11.1 Å². The van der Waals surface area contributed by atoms with E-state index in [0.717, 1.165) is 0 Å². The van der Waals surface area contributed by atoms with Crippen LogP contribution in [0.4, 0.5) is 4.39 Å². The molecule has 0 heterocycles. The van der Waals surface area contributed by atoms with Gasteiger partial charge in [-0.15, -0.1) is 0 Å². The van der Waals surface area contributed by atoms with E-state index < -0.39 is 5.82 Å². The second-order valence-electron chi connectivity index (χ2n) is 3.48. The molecule has 0 fully saturated rings. The number of nitrogens with zero attached hydrogens (tertiary/aromatic N) is 1. The van der Waals surface area contributed by atoms with Crippen LogP contribution >= 0.6 is 0 Å². The predicted molar refractivity (Wildman–Crippen MR) is 61.2 cm³/mol. The summed E-state index contributed by atoms with van der Waals surface area (Å²) in [6.45, 7) is 2.03. The van der Waals surface area contributed by atoms with Gasteiger partial charge in [0.15, 0.2) is 0 Å². The van der Waals surface area contributed by atoms with Crippen LogP contribution in [0.5, 0.6) is 0 Å². The van der Waals surface area contributed by atoms with Gasteiger partial charge < -0.3 is 9.84 Å². The number of nitriles is 1. The Morgan fingerprint density at radius 1 is 1.53 bits per heavy atom. The van der Waals surface area contributed by atoms with Gasteiger partial charge in [0.2, 0.25) is 0 Å². The first-order valence-corrected chi connectivity index (χ1v) is 5.16. The molecular weight excluding hydrogens is 221 g/mol. The van der Waals surface area contributed by atoms with Crippen molar-refractivity contribution in [3.63, 3.8) is 0 Å². The van der Waals surface area contributed by atoms with E-state index in [9.17, 15) is 9.50 Å². The normalized spacial score (nSPS) is 15.9. The zero-order valence-electron chi connectivity index (χ0n) is 9.20. The fraction of sp³-hybridized carbons (Fsp3) is 0.154. The van der Waals surface area contributed by atoms with Gasteiger partial charge in [0, 0.05) is 11.1 Å². The van der Waals surface area contributed by atoms with E-state index in [1.165, 1.54) is 18.2 Å². The van der Waals surface area contributed by atoms with E-state index in [-0.39, 0.29) is 17.1 Å². The second-order valence-corrected chi connectivity index (χ2v) is 3.48. The number of hydrogen-bond acceptors (Lipinski definition) is 3. The van der Waals surface area contributed by atoms with Crippen molar-refractivity contribution in [2.45, 2.75) is 6.92 Å². The molecule has 0 saturated heterocycles. The summed E-state index contributed by atoms with van der Waals surface area (Å²) in [7, 11) is 0. The van der Waals surface area contributed by atoms with Crippen LogP contribution in [-0.2, 0) is 4.74 Å². The molecule has 86 valence electrons. The fourth-order valence-electron chi connectivity index (χ4n) is 1.80. The lowest BCUT2D eigenvalue weighted by Gasteiger charge is -2.06. The Balaban J connectivity index is 2.65. The predicted octanol–water partition coefficient (Wildman–Crippen LogP) is 3.01. The van der Waals surface area contributed by atoms with Crippen LogP contribution in [-0.4, -0.2) is 11.7 Å². The van der Waals surface area contributed by atoms with Crippen molar-refractivity contribution in [3.05, 3.63) is 47.2 Å². The van der Waals surface area contributed by atoms with Crippen LogP contribution in [0.25, 0.3) is 11.1 Å². The summed E-state index contributed by atoms with van der Waals surface area (Å²) in [5.74, 6) is -0.765. The maximum atomic E-state index is 13.6. The molecule has 0 spiro atoms. The summed E-state index contributed by atoms with van der Waals surface area (Å²) in [4.78, 5) is 0. The molecule has 0 radical (unpaired) electrons. The van der Waals surface area contributed by atoms with Crippen LogP contribution in [0, 0.1) is 17.1 Å². The van der Waals surface area contributed by atoms with Crippen LogP contribution in [0.3, 0.4) is 0 Å². The van der Waals surface area contributed by atoms with Gasteiger partial charge in [-0.25, -0.2) is 4.39 Å². The van der Waals surface area contributed by atoms with Crippen LogP contribution in [0.15, 0.2) is 30.2 Å². The summed E-state index contributed by atoms with van der Waals surface area (Å²) in [6.07, 6.45) is 1.43. The molecule has 0 unspecified atom stereocenters. The van der Waals surface area contributed by atoms with Crippen molar-refractivity contribution in [1.82, 2.24) is 0 Å². The first kappa shape index (κ1) is 11.2. The van der Waals surface area contributed by atoms with Gasteiger partial charge >= 0.3 is 0 Å². The SMILES string of the molecule is CCO/C(O)=C1/C=C(C#N)c2c(F)cccc21. The zero-order valence-corrected chi connectivity index (χ0v) is 9.20. The van der Waals surface area contributed by atoms with Crippen molar-refractivity contribution in [2.24, 2.45) is 0 Å². The van der Waals surface area contributed by atoms with E-state index in [0.29, 0.717) is 17.7 Å². The van der Waals surface area contributed by atoms with Gasteiger partial charge in [-0.05, 0) is 19.1 Å². The number of rotatable bonds is 2. The van der Waals surface area contributed by atoms with Gasteiger partial charge in [-0.1, -0.05) is 12.1 Å². The van der Waals surface area contributed by atoms with Crippen molar-refractivity contribution in [1.29, 1.82) is 5.26 Å². The average Bonchev–Trinajstić information content (AvgIpc) is 2.69. The Morgan fingerprint density at radius 2 is 2.29 bits per heavy atom. The van der Waals surface area contributed by atoms with E-state index in [2.05, 4.69) is 0 Å². The molecule has 1 N–H and O–H groups in total. The second kappa shape index (κ2) is 4.30. The number of benzene rings is 1. The molecule has 0 saturated carbocycles. The molecule has 2 rings (SSSR count). The monoisotopic (exact) mass is 231 g/mol. The van der Waals surface area contributed by atoms with Crippen LogP contribution in [0.2, 0.25) is 0 Å². The summed E-state index contributed by atoms with van der Waals surface area (Å²) >= 11 is 0. The average molecular weight is 231 g/mol.